The summed E-state index contributed by atoms with van der Waals surface area (Å²) in [5.74, 6) is -2.10. The average molecular weight is 431 g/mol. The third kappa shape index (κ3) is 5.40. The van der Waals surface area contributed by atoms with Crippen LogP contribution in [-0.2, 0) is 4.79 Å². The maximum absolute atomic E-state index is 13.9. The third-order valence-electron chi connectivity index (χ3n) is 4.19. The molecule has 0 aromatic heterocycles. The van der Waals surface area contributed by atoms with Gasteiger partial charge in [0.2, 0.25) is 0 Å². The molecule has 32 heavy (non-hydrogen) atoms. The van der Waals surface area contributed by atoms with Crippen LogP contribution in [0.15, 0.2) is 78.4 Å². The molecule has 0 saturated carbocycles. The summed E-state index contributed by atoms with van der Waals surface area (Å²) in [6, 6.07) is 18.8. The summed E-state index contributed by atoms with van der Waals surface area (Å²) in [5.41, 5.74) is -0.368. The van der Waals surface area contributed by atoms with Gasteiger partial charge in [-0.05, 0) is 42.0 Å². The summed E-state index contributed by atoms with van der Waals surface area (Å²) in [7, 11) is 0. The molecule has 0 aliphatic carbocycles. The molecule has 0 spiro atoms. The van der Waals surface area contributed by atoms with Gasteiger partial charge in [-0.2, -0.15) is 5.26 Å². The van der Waals surface area contributed by atoms with Gasteiger partial charge in [0.15, 0.2) is 0 Å². The number of nitro benzene ring substituents is 1. The van der Waals surface area contributed by atoms with Crippen molar-refractivity contribution >= 4 is 29.3 Å². The summed E-state index contributed by atoms with van der Waals surface area (Å²) in [4.78, 5) is 34.5. The van der Waals surface area contributed by atoms with Gasteiger partial charge in [0.25, 0.3) is 11.6 Å². The molecular weight excluding hydrogens is 417 g/mol. The van der Waals surface area contributed by atoms with E-state index in [1.165, 1.54) is 30.3 Å². The van der Waals surface area contributed by atoms with Crippen LogP contribution in [0.1, 0.15) is 15.9 Å². The minimum absolute atomic E-state index is 0.262. The molecule has 0 bridgehead atoms. The second-order valence-corrected chi connectivity index (χ2v) is 6.37. The molecule has 0 aliphatic rings. The van der Waals surface area contributed by atoms with Gasteiger partial charge in [-0.15, -0.1) is 0 Å². The van der Waals surface area contributed by atoms with E-state index >= 15 is 0 Å². The Kier molecular flexibility index (Phi) is 6.68. The van der Waals surface area contributed by atoms with E-state index in [4.69, 9.17) is 4.74 Å². The van der Waals surface area contributed by atoms with Crippen molar-refractivity contribution in [3.8, 4) is 11.8 Å². The first-order chi connectivity index (χ1) is 15.4. The summed E-state index contributed by atoms with van der Waals surface area (Å²) >= 11 is 0. The lowest BCUT2D eigenvalue weighted by Crippen LogP contribution is -2.14. The number of ether oxygens (including phenoxy) is 1. The number of nitro groups is 1. The number of non-ortho nitro benzene ring substituents is 1. The molecule has 0 radical (unpaired) electrons. The first-order valence-electron chi connectivity index (χ1n) is 9.12. The van der Waals surface area contributed by atoms with Gasteiger partial charge in [-0.25, -0.2) is 9.18 Å². The van der Waals surface area contributed by atoms with E-state index in [2.05, 4.69) is 5.32 Å². The van der Waals surface area contributed by atoms with Crippen molar-refractivity contribution in [2.45, 2.75) is 0 Å². The number of hydrogen-bond acceptors (Lipinski definition) is 6. The Hall–Kier alpha value is -4.84. The van der Waals surface area contributed by atoms with Crippen LogP contribution in [0.2, 0.25) is 0 Å². The van der Waals surface area contributed by atoms with Crippen molar-refractivity contribution in [3.05, 3.63) is 105 Å². The number of esters is 1. The molecule has 1 N–H and O–H groups in total. The summed E-state index contributed by atoms with van der Waals surface area (Å²) in [6.45, 7) is 0. The average Bonchev–Trinajstić information content (AvgIpc) is 2.80. The van der Waals surface area contributed by atoms with Gasteiger partial charge in [-0.1, -0.05) is 30.3 Å². The number of nitriles is 1. The van der Waals surface area contributed by atoms with E-state index in [9.17, 15) is 29.4 Å². The molecular formula is C23H14FN3O5. The maximum atomic E-state index is 13.9. The number of nitrogens with one attached hydrogen (secondary N) is 1. The molecule has 3 rings (SSSR count). The number of benzene rings is 3. The zero-order valence-electron chi connectivity index (χ0n) is 16.3. The Bertz CT molecular complexity index is 1250. The number of anilines is 1. The van der Waals surface area contributed by atoms with E-state index in [1.807, 2.05) is 0 Å². The third-order valence-corrected chi connectivity index (χ3v) is 4.19. The fourth-order valence-corrected chi connectivity index (χ4v) is 2.60. The lowest BCUT2D eigenvalue weighted by atomic mass is 10.1. The highest BCUT2D eigenvalue weighted by molar-refractivity contribution is 6.09. The van der Waals surface area contributed by atoms with Gasteiger partial charge in [0.05, 0.1) is 16.2 Å². The zero-order chi connectivity index (χ0) is 23.1. The van der Waals surface area contributed by atoms with E-state index in [0.717, 1.165) is 18.2 Å². The van der Waals surface area contributed by atoms with Crippen molar-refractivity contribution in [3.63, 3.8) is 0 Å². The predicted molar refractivity (Wildman–Crippen MR) is 113 cm³/mol. The topological polar surface area (TPSA) is 122 Å². The number of hydrogen-bond donors (Lipinski definition) is 1. The Balaban J connectivity index is 1.73. The molecule has 0 saturated heterocycles. The highest BCUT2D eigenvalue weighted by Gasteiger charge is 2.16. The Morgan fingerprint density at radius 1 is 1.06 bits per heavy atom. The lowest BCUT2D eigenvalue weighted by molar-refractivity contribution is -0.384. The van der Waals surface area contributed by atoms with Crippen LogP contribution in [0, 0.1) is 27.3 Å². The van der Waals surface area contributed by atoms with Crippen LogP contribution in [-0.4, -0.2) is 16.8 Å². The fraction of sp³-hybridized carbons (Fsp3) is 0. The second-order valence-electron chi connectivity index (χ2n) is 6.37. The number of nitrogens with zero attached hydrogens (tertiary/aromatic N) is 2. The van der Waals surface area contributed by atoms with Crippen LogP contribution in [0.3, 0.4) is 0 Å². The summed E-state index contributed by atoms with van der Waals surface area (Å²) < 4.78 is 19.1. The monoisotopic (exact) mass is 431 g/mol. The lowest BCUT2D eigenvalue weighted by Gasteiger charge is -2.06. The number of rotatable bonds is 6. The normalized spacial score (nSPS) is 10.7. The number of halogens is 1. The van der Waals surface area contributed by atoms with E-state index in [-0.39, 0.29) is 11.3 Å². The molecule has 0 atom stereocenters. The summed E-state index contributed by atoms with van der Waals surface area (Å²) in [6.07, 6.45) is 1.24. The molecule has 3 aromatic rings. The fourth-order valence-electron chi connectivity index (χ4n) is 2.60. The van der Waals surface area contributed by atoms with E-state index in [1.54, 1.807) is 36.4 Å². The van der Waals surface area contributed by atoms with Crippen molar-refractivity contribution in [1.82, 2.24) is 0 Å². The van der Waals surface area contributed by atoms with Crippen molar-refractivity contribution in [2.75, 3.05) is 5.32 Å². The van der Waals surface area contributed by atoms with Gasteiger partial charge in [0, 0.05) is 12.1 Å². The quantitative estimate of drug-likeness (QED) is 0.153. The molecule has 8 nitrogen and oxygen atoms in total. The minimum atomic E-state index is -0.938. The number of carbonyl (C=O) groups is 2. The molecule has 158 valence electrons. The highest BCUT2D eigenvalue weighted by Crippen LogP contribution is 2.22. The van der Waals surface area contributed by atoms with Crippen molar-refractivity contribution < 1.29 is 23.6 Å². The van der Waals surface area contributed by atoms with Gasteiger partial charge in [0.1, 0.15) is 23.2 Å². The predicted octanol–water partition coefficient (Wildman–Crippen LogP) is 4.50. The summed E-state index contributed by atoms with van der Waals surface area (Å²) in [5, 5.41) is 22.3. The largest absolute Gasteiger partial charge is 0.423 e. The SMILES string of the molecule is N#C/C(=C\c1ccc(OC(=O)c2ccccc2)cc1)C(=O)Nc1cc([N+](=O)[O-])ccc1F. The van der Waals surface area contributed by atoms with E-state index < -0.39 is 34.0 Å². The van der Waals surface area contributed by atoms with Crippen molar-refractivity contribution in [1.29, 1.82) is 5.26 Å². The first kappa shape index (κ1) is 21.9. The van der Waals surface area contributed by atoms with Crippen LogP contribution in [0.4, 0.5) is 15.8 Å². The van der Waals surface area contributed by atoms with Crippen molar-refractivity contribution in [2.24, 2.45) is 0 Å². The molecule has 0 aliphatic heterocycles. The van der Waals surface area contributed by atoms with Gasteiger partial charge in [-0.3, -0.25) is 14.9 Å². The first-order valence-corrected chi connectivity index (χ1v) is 9.12. The molecule has 9 heteroatoms. The van der Waals surface area contributed by atoms with Crippen LogP contribution in [0.25, 0.3) is 6.08 Å². The zero-order valence-corrected chi connectivity index (χ0v) is 16.3. The molecule has 0 unspecified atom stereocenters. The smallest absolute Gasteiger partial charge is 0.343 e. The van der Waals surface area contributed by atoms with Crippen LogP contribution in [0.5, 0.6) is 5.75 Å². The van der Waals surface area contributed by atoms with Gasteiger partial charge >= 0.3 is 5.97 Å². The maximum Gasteiger partial charge on any atom is 0.343 e. The second kappa shape index (κ2) is 9.77. The highest BCUT2D eigenvalue weighted by atomic mass is 19.1. The molecule has 1 amide bonds. The minimum Gasteiger partial charge on any atom is -0.423 e. The molecule has 3 aromatic carbocycles. The Morgan fingerprint density at radius 2 is 1.75 bits per heavy atom. The van der Waals surface area contributed by atoms with Gasteiger partial charge < -0.3 is 10.1 Å². The standard InChI is InChI=1S/C23H14FN3O5/c24-20-11-8-18(27(30)31)13-21(20)26-22(28)17(14-25)12-15-6-9-19(10-7-15)32-23(29)16-4-2-1-3-5-16/h1-13H,(H,26,28)/b17-12+. The van der Waals surface area contributed by atoms with Crippen LogP contribution < -0.4 is 10.1 Å². The molecule has 0 fully saturated rings. The Morgan fingerprint density at radius 3 is 2.38 bits per heavy atom. The molecule has 0 heterocycles. The number of amides is 1. The Labute approximate surface area is 181 Å². The van der Waals surface area contributed by atoms with Crippen LogP contribution >= 0.6 is 0 Å². The van der Waals surface area contributed by atoms with E-state index in [0.29, 0.717) is 11.1 Å². The number of carbonyl (C=O) groups excluding carboxylic acids is 2.